The number of carboxylic acids is 1. The molecule has 4 N–H and O–H groups in total. The van der Waals surface area contributed by atoms with E-state index >= 15 is 0 Å². The van der Waals surface area contributed by atoms with Gasteiger partial charge in [-0.1, -0.05) is 0 Å². The first kappa shape index (κ1) is 20.4. The van der Waals surface area contributed by atoms with Crippen molar-refractivity contribution in [3.8, 4) is 5.75 Å². The second-order valence-electron chi connectivity index (χ2n) is 4.98. The number of aromatic carboxylic acids is 1. The molecule has 0 heterocycles. The number of carboxylic acid groups (broad SMARTS) is 1. The maximum atomic E-state index is 12.0. The van der Waals surface area contributed by atoms with Gasteiger partial charge in [0.15, 0.2) is 6.61 Å². The summed E-state index contributed by atoms with van der Waals surface area (Å²) in [6.45, 7) is -0.347. The highest BCUT2D eigenvalue weighted by atomic mass is 79.9. The van der Waals surface area contributed by atoms with E-state index in [1.54, 1.807) is 0 Å². The van der Waals surface area contributed by atoms with Gasteiger partial charge in [-0.25, -0.2) is 18.4 Å². The van der Waals surface area contributed by atoms with Crippen LogP contribution in [0.2, 0.25) is 0 Å². The molecule has 26 heavy (non-hydrogen) atoms. The Bertz CT molecular complexity index is 938. The zero-order chi connectivity index (χ0) is 19.5. The molecule has 11 heteroatoms. The van der Waals surface area contributed by atoms with Crippen molar-refractivity contribution in [3.63, 3.8) is 0 Å². The highest BCUT2D eigenvalue weighted by molar-refractivity contribution is 9.11. The molecular weight excluding hydrogens is 496 g/mol. The molecule has 0 bridgehead atoms. The van der Waals surface area contributed by atoms with Gasteiger partial charge in [0.2, 0.25) is 10.0 Å². The van der Waals surface area contributed by atoms with Crippen LogP contribution in [0.25, 0.3) is 0 Å². The minimum atomic E-state index is -3.80. The number of amides is 1. The Morgan fingerprint density at radius 1 is 1.12 bits per heavy atom. The van der Waals surface area contributed by atoms with E-state index in [9.17, 15) is 18.0 Å². The second-order valence-corrected chi connectivity index (χ2v) is 8.25. The average Bonchev–Trinajstić information content (AvgIpc) is 2.53. The quantitative estimate of drug-likeness (QED) is 0.549. The summed E-state index contributed by atoms with van der Waals surface area (Å²) < 4.78 is 28.5. The van der Waals surface area contributed by atoms with Crippen LogP contribution in [0, 0.1) is 0 Å². The first-order valence-electron chi connectivity index (χ1n) is 6.86. The molecule has 0 aliphatic heterocycles. The van der Waals surface area contributed by atoms with Crippen LogP contribution >= 0.6 is 31.9 Å². The lowest BCUT2D eigenvalue weighted by Crippen LogP contribution is -2.20. The number of nitrogens with one attached hydrogen (secondary N) is 1. The van der Waals surface area contributed by atoms with Gasteiger partial charge in [0, 0.05) is 5.69 Å². The van der Waals surface area contributed by atoms with E-state index < -0.39 is 21.9 Å². The van der Waals surface area contributed by atoms with Gasteiger partial charge in [0.05, 0.1) is 19.4 Å². The predicted octanol–water partition coefficient (Wildman–Crippen LogP) is 2.57. The van der Waals surface area contributed by atoms with Crippen LogP contribution in [0.5, 0.6) is 5.75 Å². The van der Waals surface area contributed by atoms with Crippen molar-refractivity contribution in [2.45, 2.75) is 4.90 Å². The summed E-state index contributed by atoms with van der Waals surface area (Å²) in [4.78, 5) is 22.9. The second kappa shape index (κ2) is 8.16. The van der Waals surface area contributed by atoms with Gasteiger partial charge < -0.3 is 15.2 Å². The van der Waals surface area contributed by atoms with E-state index in [1.807, 2.05) is 0 Å². The van der Waals surface area contributed by atoms with Gasteiger partial charge >= 0.3 is 5.97 Å². The molecule has 1 amide bonds. The van der Waals surface area contributed by atoms with Crippen molar-refractivity contribution in [1.82, 2.24) is 0 Å². The standard InChI is InChI=1S/C15H12Br2N2O6S/c16-11-5-8(15(21)22)6-12(17)14(11)25-7-13(20)19-9-1-3-10(4-2-9)26(18,23)24/h1-6H,7H2,(H,19,20)(H,21,22)(H2,18,23,24). The number of hydrogen-bond acceptors (Lipinski definition) is 5. The first-order valence-corrected chi connectivity index (χ1v) is 9.99. The molecule has 0 atom stereocenters. The third kappa shape index (κ3) is 5.27. The van der Waals surface area contributed by atoms with Crippen molar-refractivity contribution >= 4 is 59.4 Å². The molecule has 0 saturated heterocycles. The Morgan fingerprint density at radius 3 is 2.12 bits per heavy atom. The lowest BCUT2D eigenvalue weighted by atomic mass is 10.2. The number of carbonyl (C=O) groups is 2. The Hall–Kier alpha value is -1.95. The van der Waals surface area contributed by atoms with E-state index in [0.717, 1.165) is 0 Å². The van der Waals surface area contributed by atoms with Gasteiger partial charge in [-0.15, -0.1) is 0 Å². The van der Waals surface area contributed by atoms with E-state index in [0.29, 0.717) is 14.6 Å². The zero-order valence-electron chi connectivity index (χ0n) is 12.9. The average molecular weight is 508 g/mol. The van der Waals surface area contributed by atoms with Crippen LogP contribution in [0.15, 0.2) is 50.2 Å². The molecule has 0 aromatic heterocycles. The summed E-state index contributed by atoms with van der Waals surface area (Å²) in [7, 11) is -3.80. The van der Waals surface area contributed by atoms with E-state index in [-0.39, 0.29) is 22.8 Å². The Balaban J connectivity index is 2.02. The molecule has 0 aliphatic rings. The van der Waals surface area contributed by atoms with Crippen LogP contribution < -0.4 is 15.2 Å². The van der Waals surface area contributed by atoms with Gasteiger partial charge in [-0.3, -0.25) is 4.79 Å². The fourth-order valence-corrected chi connectivity index (χ4v) is 3.81. The lowest BCUT2D eigenvalue weighted by molar-refractivity contribution is -0.118. The smallest absolute Gasteiger partial charge is 0.335 e. The summed E-state index contributed by atoms with van der Waals surface area (Å²) in [6, 6.07) is 8.03. The van der Waals surface area contributed by atoms with Crippen molar-refractivity contribution in [2.24, 2.45) is 5.14 Å². The summed E-state index contributed by atoms with van der Waals surface area (Å²) in [6.07, 6.45) is 0. The van der Waals surface area contributed by atoms with E-state index in [2.05, 4.69) is 37.2 Å². The maximum absolute atomic E-state index is 12.0. The zero-order valence-corrected chi connectivity index (χ0v) is 16.9. The summed E-state index contributed by atoms with van der Waals surface area (Å²) in [5.41, 5.74) is 0.417. The van der Waals surface area contributed by atoms with Gasteiger partial charge in [0.25, 0.3) is 5.91 Å². The molecule has 0 radical (unpaired) electrons. The number of nitrogens with two attached hydrogens (primary N) is 1. The van der Waals surface area contributed by atoms with Crippen molar-refractivity contribution in [1.29, 1.82) is 0 Å². The molecule has 0 spiro atoms. The largest absolute Gasteiger partial charge is 0.481 e. The van der Waals surface area contributed by atoms with Crippen LogP contribution in [-0.2, 0) is 14.8 Å². The molecule has 0 saturated carbocycles. The molecule has 0 aliphatic carbocycles. The van der Waals surface area contributed by atoms with Crippen LogP contribution in [0.1, 0.15) is 10.4 Å². The Kier molecular flexibility index (Phi) is 6.39. The molecule has 2 aromatic rings. The molecule has 2 rings (SSSR count). The summed E-state index contributed by atoms with van der Waals surface area (Å²) >= 11 is 6.38. The molecule has 0 fully saturated rings. The number of halogens is 2. The topological polar surface area (TPSA) is 136 Å². The van der Waals surface area contributed by atoms with Crippen LogP contribution in [0.4, 0.5) is 5.69 Å². The number of anilines is 1. The fraction of sp³-hybridized carbons (Fsp3) is 0.0667. The number of benzene rings is 2. The number of carbonyl (C=O) groups excluding carboxylic acids is 1. The molecule has 138 valence electrons. The predicted molar refractivity (Wildman–Crippen MR) is 101 cm³/mol. The van der Waals surface area contributed by atoms with Crippen LogP contribution in [-0.4, -0.2) is 32.0 Å². The first-order chi connectivity index (χ1) is 12.1. The van der Waals surface area contributed by atoms with Crippen LogP contribution in [0.3, 0.4) is 0 Å². The van der Waals surface area contributed by atoms with Gasteiger partial charge in [-0.2, -0.15) is 0 Å². The van der Waals surface area contributed by atoms with Gasteiger partial charge in [0.1, 0.15) is 5.75 Å². The molecule has 0 unspecified atom stereocenters. The Labute approximate surface area is 165 Å². The summed E-state index contributed by atoms with van der Waals surface area (Å²) in [5.74, 6) is -1.32. The molecule has 2 aromatic carbocycles. The normalized spacial score (nSPS) is 11.0. The van der Waals surface area contributed by atoms with E-state index in [1.165, 1.54) is 36.4 Å². The highest BCUT2D eigenvalue weighted by Crippen LogP contribution is 2.34. The number of hydrogen-bond donors (Lipinski definition) is 3. The minimum absolute atomic E-state index is 0.0514. The Morgan fingerprint density at radius 2 is 1.65 bits per heavy atom. The molecule has 8 nitrogen and oxygen atoms in total. The SMILES string of the molecule is NS(=O)(=O)c1ccc(NC(=O)COc2c(Br)cc(C(=O)O)cc2Br)cc1. The van der Waals surface area contributed by atoms with Crippen molar-refractivity contribution < 1.29 is 27.9 Å². The number of rotatable bonds is 6. The third-order valence-corrected chi connectivity index (χ3v) is 5.17. The van der Waals surface area contributed by atoms with E-state index in [4.69, 9.17) is 15.0 Å². The van der Waals surface area contributed by atoms with Crippen molar-refractivity contribution in [3.05, 3.63) is 50.9 Å². The van der Waals surface area contributed by atoms with Gasteiger partial charge in [-0.05, 0) is 68.3 Å². The minimum Gasteiger partial charge on any atom is -0.481 e. The third-order valence-electron chi connectivity index (χ3n) is 3.06. The number of ether oxygens (including phenoxy) is 1. The highest BCUT2D eigenvalue weighted by Gasteiger charge is 2.14. The van der Waals surface area contributed by atoms with Crippen molar-refractivity contribution in [2.75, 3.05) is 11.9 Å². The molecular formula is C15H12Br2N2O6S. The number of sulfonamides is 1. The maximum Gasteiger partial charge on any atom is 0.335 e. The summed E-state index contributed by atoms with van der Waals surface area (Å²) in [5, 5.41) is 16.5. The number of primary sulfonamides is 1. The lowest BCUT2D eigenvalue weighted by Gasteiger charge is -2.11. The fourth-order valence-electron chi connectivity index (χ4n) is 1.88. The monoisotopic (exact) mass is 506 g/mol.